The van der Waals surface area contributed by atoms with Gasteiger partial charge < -0.3 is 14.4 Å². The number of aromatic nitrogens is 3. The largest absolute Gasteiger partial charge is 0.475 e. The maximum absolute atomic E-state index is 13.0. The summed E-state index contributed by atoms with van der Waals surface area (Å²) in [6.45, 7) is 6.50. The fourth-order valence-electron chi connectivity index (χ4n) is 4.74. The summed E-state index contributed by atoms with van der Waals surface area (Å²) in [7, 11) is -1.37. The molecule has 0 saturated carbocycles. The molecule has 2 aromatic heterocycles. The number of anilines is 1. The first-order valence-electron chi connectivity index (χ1n) is 10.2. The maximum atomic E-state index is 13.0. The Morgan fingerprint density at radius 3 is 2.74 bits per heavy atom. The molecule has 3 aliphatic rings. The number of amides is 1. The predicted octanol–water partition coefficient (Wildman–Crippen LogP) is 2.76. The van der Waals surface area contributed by atoms with Gasteiger partial charge in [-0.25, -0.2) is 19.7 Å². The van der Waals surface area contributed by atoms with E-state index in [1.54, 1.807) is 12.3 Å². The number of pyridine rings is 1. The zero-order chi connectivity index (χ0) is 22.1. The lowest BCUT2D eigenvalue weighted by Gasteiger charge is -2.46. The third kappa shape index (κ3) is 3.49. The van der Waals surface area contributed by atoms with Gasteiger partial charge in [0.15, 0.2) is 0 Å². The Morgan fingerprint density at radius 2 is 2.03 bits per heavy atom. The highest BCUT2D eigenvalue weighted by atomic mass is 35.5. The molecule has 2 bridgehead atoms. The Balaban J connectivity index is 1.60. The molecule has 11 heteroatoms. The van der Waals surface area contributed by atoms with Crippen molar-refractivity contribution in [1.29, 1.82) is 0 Å². The van der Waals surface area contributed by atoms with E-state index < -0.39 is 16.4 Å². The van der Waals surface area contributed by atoms with Crippen LogP contribution in [-0.2, 0) is 15.5 Å². The van der Waals surface area contributed by atoms with Crippen LogP contribution in [0.3, 0.4) is 0 Å². The number of carbonyl (C=O) groups excluding carboxylic acids is 1. The Kier molecular flexibility index (Phi) is 4.78. The van der Waals surface area contributed by atoms with Gasteiger partial charge in [0.25, 0.3) is 0 Å². The molecule has 1 amide bonds. The summed E-state index contributed by atoms with van der Waals surface area (Å²) in [6.07, 6.45) is 2.97. The molecule has 0 aromatic carbocycles. The van der Waals surface area contributed by atoms with E-state index >= 15 is 0 Å². The van der Waals surface area contributed by atoms with Crippen molar-refractivity contribution >= 4 is 45.2 Å². The van der Waals surface area contributed by atoms with Gasteiger partial charge in [0.2, 0.25) is 11.0 Å². The van der Waals surface area contributed by atoms with Crippen LogP contribution in [0, 0.1) is 0 Å². The van der Waals surface area contributed by atoms with Gasteiger partial charge in [0.05, 0.1) is 34.4 Å². The topological polar surface area (TPSA) is 97.7 Å². The monoisotopic (exact) mass is 465 g/mol. The van der Waals surface area contributed by atoms with E-state index in [4.69, 9.17) is 21.1 Å². The molecule has 4 atom stereocenters. The summed E-state index contributed by atoms with van der Waals surface area (Å²) in [5, 5.41) is 1.14. The van der Waals surface area contributed by atoms with Crippen LogP contribution in [0.5, 0.6) is 5.88 Å². The van der Waals surface area contributed by atoms with Crippen LogP contribution in [0.15, 0.2) is 11.2 Å². The van der Waals surface area contributed by atoms with Crippen molar-refractivity contribution in [2.24, 2.45) is 0 Å². The lowest BCUT2D eigenvalue weighted by atomic mass is 10.0. The molecular formula is C20H24ClN5O4S. The molecule has 2 saturated heterocycles. The van der Waals surface area contributed by atoms with E-state index in [-0.39, 0.29) is 34.5 Å². The van der Waals surface area contributed by atoms with E-state index in [9.17, 15) is 9.00 Å². The highest BCUT2D eigenvalue weighted by molar-refractivity contribution is 7.84. The van der Waals surface area contributed by atoms with Crippen molar-refractivity contribution in [3.8, 4) is 5.88 Å². The van der Waals surface area contributed by atoms with Crippen LogP contribution in [0.1, 0.15) is 33.6 Å². The second kappa shape index (κ2) is 7.16. The zero-order valence-corrected chi connectivity index (χ0v) is 19.4. The molecule has 0 aliphatic carbocycles. The molecule has 166 valence electrons. The van der Waals surface area contributed by atoms with Crippen LogP contribution < -0.4 is 9.64 Å². The lowest BCUT2D eigenvalue weighted by molar-refractivity contribution is 0.00539. The van der Waals surface area contributed by atoms with Crippen molar-refractivity contribution in [3.63, 3.8) is 0 Å². The fraction of sp³-hybridized carbons (Fsp3) is 0.600. The first kappa shape index (κ1) is 20.7. The van der Waals surface area contributed by atoms with Crippen LogP contribution >= 0.6 is 11.6 Å². The summed E-state index contributed by atoms with van der Waals surface area (Å²) in [5.41, 5.74) is -0.0172. The second-order valence-electron chi connectivity index (χ2n) is 9.15. The van der Waals surface area contributed by atoms with E-state index in [0.29, 0.717) is 35.8 Å². The highest BCUT2D eigenvalue weighted by Gasteiger charge is 2.51. The van der Waals surface area contributed by atoms with E-state index in [1.807, 2.05) is 25.7 Å². The average molecular weight is 466 g/mol. The molecule has 0 spiro atoms. The molecule has 1 unspecified atom stereocenters. The number of hydrogen-bond acceptors (Lipinski definition) is 8. The number of carbonyl (C=O) groups is 1. The Morgan fingerprint density at radius 1 is 1.26 bits per heavy atom. The molecule has 5 heterocycles. The number of piperazine rings is 1. The second-order valence-corrected chi connectivity index (χ2v) is 10.8. The smallest absolute Gasteiger partial charge is 0.410 e. The van der Waals surface area contributed by atoms with Crippen molar-refractivity contribution in [1.82, 2.24) is 19.9 Å². The molecule has 0 radical (unpaired) electrons. The highest BCUT2D eigenvalue weighted by Crippen LogP contribution is 2.43. The molecule has 3 aliphatic heterocycles. The lowest BCUT2D eigenvalue weighted by Crippen LogP contribution is -2.63. The fourth-order valence-corrected chi connectivity index (χ4v) is 5.36. The molecule has 2 fully saturated rings. The maximum Gasteiger partial charge on any atom is 0.410 e. The van der Waals surface area contributed by atoms with E-state index in [0.717, 1.165) is 12.8 Å². The molecule has 0 N–H and O–H groups in total. The molecule has 31 heavy (non-hydrogen) atoms. The number of fused-ring (bicyclic) bond motifs is 5. The van der Waals surface area contributed by atoms with Gasteiger partial charge in [0.1, 0.15) is 28.6 Å². The molecule has 9 nitrogen and oxygen atoms in total. The number of rotatable bonds is 1. The van der Waals surface area contributed by atoms with Crippen LogP contribution in [-0.4, -0.2) is 73.3 Å². The number of hydrogen-bond donors (Lipinski definition) is 0. The van der Waals surface area contributed by atoms with Crippen molar-refractivity contribution in [3.05, 3.63) is 11.2 Å². The SMILES string of the molecule is CS(=O)c1nc2c3c(nc(Cl)cc3n1)OC[C@H]1[C@@H]3CC[C@H](CN21)N3C(=O)OC(C)(C)C. The standard InChI is InChI=1S/C20H24ClN5O4S/c1-20(2,3)30-19(27)26-10-5-6-12(26)13-9-29-17-15-11(7-14(21)23-17)22-18(31(4)28)24-16(15)25(13)8-10/h7,10,12-13H,5-6,8-9H2,1-4H3/t10-,12+,13+,31?/m1/s1. The third-order valence-corrected chi connectivity index (χ3v) is 6.79. The number of ether oxygens (including phenoxy) is 2. The van der Waals surface area contributed by atoms with Gasteiger partial charge in [-0.1, -0.05) is 11.6 Å². The van der Waals surface area contributed by atoms with Crippen molar-refractivity contribution < 1.29 is 18.5 Å². The average Bonchev–Trinajstić information content (AvgIpc) is 2.90. The Labute approximate surface area is 187 Å². The minimum Gasteiger partial charge on any atom is -0.475 e. The Hall–Kier alpha value is -2.20. The first-order chi connectivity index (χ1) is 14.6. The summed E-state index contributed by atoms with van der Waals surface area (Å²) in [5.74, 6) is 0.998. The number of nitrogens with zero attached hydrogens (tertiary/aromatic N) is 5. The first-order valence-corrected chi connectivity index (χ1v) is 12.2. The van der Waals surface area contributed by atoms with Crippen LogP contribution in [0.4, 0.5) is 10.6 Å². The summed E-state index contributed by atoms with van der Waals surface area (Å²) >= 11 is 6.20. The molecular weight excluding hydrogens is 442 g/mol. The minimum absolute atomic E-state index is 0.00139. The number of halogens is 1. The summed E-state index contributed by atoms with van der Waals surface area (Å²) in [6, 6.07) is 1.41. The normalized spacial score (nSPS) is 25.6. The summed E-state index contributed by atoms with van der Waals surface area (Å²) < 4.78 is 24.0. The zero-order valence-electron chi connectivity index (χ0n) is 17.8. The van der Waals surface area contributed by atoms with E-state index in [2.05, 4.69) is 19.9 Å². The molecule has 2 aromatic rings. The van der Waals surface area contributed by atoms with Gasteiger partial charge >= 0.3 is 6.09 Å². The van der Waals surface area contributed by atoms with Crippen LogP contribution in [0.2, 0.25) is 5.15 Å². The van der Waals surface area contributed by atoms with Crippen molar-refractivity contribution in [2.45, 2.75) is 62.5 Å². The van der Waals surface area contributed by atoms with Gasteiger partial charge in [0, 0.05) is 18.9 Å². The third-order valence-electron chi connectivity index (χ3n) is 5.90. The van der Waals surface area contributed by atoms with Gasteiger partial charge in [-0.15, -0.1) is 0 Å². The molecule has 5 rings (SSSR count). The van der Waals surface area contributed by atoms with Gasteiger partial charge in [-0.05, 0) is 33.6 Å². The predicted molar refractivity (Wildman–Crippen MR) is 116 cm³/mol. The van der Waals surface area contributed by atoms with Gasteiger partial charge in [-0.2, -0.15) is 0 Å². The van der Waals surface area contributed by atoms with Crippen molar-refractivity contribution in [2.75, 3.05) is 24.3 Å². The Bertz CT molecular complexity index is 1110. The summed E-state index contributed by atoms with van der Waals surface area (Å²) in [4.78, 5) is 30.4. The van der Waals surface area contributed by atoms with E-state index in [1.165, 1.54) is 0 Å². The van der Waals surface area contributed by atoms with Gasteiger partial charge in [-0.3, -0.25) is 9.11 Å². The van der Waals surface area contributed by atoms with Crippen LogP contribution in [0.25, 0.3) is 10.9 Å². The quantitative estimate of drug-likeness (QED) is 0.468. The minimum atomic E-state index is -1.37.